The molecular formula is C13H14F2N2O. The first-order valence-electron chi connectivity index (χ1n) is 5.75. The van der Waals surface area contributed by atoms with Gasteiger partial charge in [-0.05, 0) is 25.6 Å². The summed E-state index contributed by atoms with van der Waals surface area (Å²) >= 11 is 0. The Labute approximate surface area is 104 Å². The molecule has 3 nitrogen and oxygen atoms in total. The standard InChI is InChI=1S/C13H14F2N2O/c1-3-16-8(2)13-17-7-12(18-13)9-4-10(14)6-11(15)5-9/h4-8,16H,3H2,1-2H3. The van der Waals surface area contributed by atoms with E-state index < -0.39 is 11.6 Å². The van der Waals surface area contributed by atoms with Crippen molar-refractivity contribution < 1.29 is 13.2 Å². The molecule has 0 aliphatic rings. The fourth-order valence-corrected chi connectivity index (χ4v) is 1.71. The molecule has 0 bridgehead atoms. The van der Waals surface area contributed by atoms with Gasteiger partial charge in [-0.3, -0.25) is 0 Å². The third kappa shape index (κ3) is 2.73. The minimum absolute atomic E-state index is 0.0397. The topological polar surface area (TPSA) is 38.1 Å². The molecule has 2 rings (SSSR count). The van der Waals surface area contributed by atoms with Gasteiger partial charge in [0.1, 0.15) is 11.6 Å². The van der Waals surface area contributed by atoms with E-state index in [9.17, 15) is 8.78 Å². The molecule has 0 amide bonds. The number of hydrogen-bond acceptors (Lipinski definition) is 3. The fraction of sp³-hybridized carbons (Fsp3) is 0.308. The van der Waals surface area contributed by atoms with Crippen LogP contribution in [-0.4, -0.2) is 11.5 Å². The van der Waals surface area contributed by atoms with Crippen LogP contribution in [0.3, 0.4) is 0 Å². The molecule has 0 fully saturated rings. The van der Waals surface area contributed by atoms with Crippen molar-refractivity contribution >= 4 is 0 Å². The number of benzene rings is 1. The minimum atomic E-state index is -0.636. The zero-order valence-electron chi connectivity index (χ0n) is 10.2. The number of nitrogens with zero attached hydrogens (tertiary/aromatic N) is 1. The van der Waals surface area contributed by atoms with Gasteiger partial charge in [0, 0.05) is 11.6 Å². The Bertz CT molecular complexity index is 519. The smallest absolute Gasteiger partial charge is 0.211 e. The van der Waals surface area contributed by atoms with Crippen LogP contribution in [0.5, 0.6) is 0 Å². The molecule has 0 spiro atoms. The van der Waals surface area contributed by atoms with Gasteiger partial charge in [0.15, 0.2) is 5.76 Å². The van der Waals surface area contributed by atoms with Gasteiger partial charge >= 0.3 is 0 Å². The van der Waals surface area contributed by atoms with Gasteiger partial charge in [0.25, 0.3) is 0 Å². The molecule has 1 heterocycles. The summed E-state index contributed by atoms with van der Waals surface area (Å²) in [4.78, 5) is 4.10. The normalized spacial score (nSPS) is 12.7. The second-order valence-corrected chi connectivity index (χ2v) is 4.00. The third-order valence-corrected chi connectivity index (χ3v) is 2.55. The van der Waals surface area contributed by atoms with E-state index in [4.69, 9.17) is 4.42 Å². The molecule has 96 valence electrons. The van der Waals surface area contributed by atoms with E-state index in [2.05, 4.69) is 10.3 Å². The summed E-state index contributed by atoms with van der Waals surface area (Å²) in [6, 6.07) is 3.21. The zero-order valence-corrected chi connectivity index (χ0v) is 10.2. The van der Waals surface area contributed by atoms with Crippen molar-refractivity contribution in [3.05, 3.63) is 41.9 Å². The first-order valence-corrected chi connectivity index (χ1v) is 5.75. The van der Waals surface area contributed by atoms with Crippen LogP contribution >= 0.6 is 0 Å². The van der Waals surface area contributed by atoms with E-state index in [-0.39, 0.29) is 6.04 Å². The van der Waals surface area contributed by atoms with Gasteiger partial charge < -0.3 is 9.73 Å². The lowest BCUT2D eigenvalue weighted by molar-refractivity contribution is 0.428. The molecule has 0 saturated carbocycles. The lowest BCUT2D eigenvalue weighted by Crippen LogP contribution is -2.17. The van der Waals surface area contributed by atoms with E-state index in [1.807, 2.05) is 13.8 Å². The van der Waals surface area contributed by atoms with Crippen LogP contribution in [0.15, 0.2) is 28.8 Å². The molecule has 0 saturated heterocycles. The van der Waals surface area contributed by atoms with Gasteiger partial charge in [-0.1, -0.05) is 6.92 Å². The van der Waals surface area contributed by atoms with Gasteiger partial charge in [-0.25, -0.2) is 13.8 Å². The molecule has 1 aromatic carbocycles. The van der Waals surface area contributed by atoms with Crippen LogP contribution in [0.2, 0.25) is 0 Å². The van der Waals surface area contributed by atoms with Crippen molar-refractivity contribution in [1.29, 1.82) is 0 Å². The average Bonchev–Trinajstić information content (AvgIpc) is 2.77. The largest absolute Gasteiger partial charge is 0.439 e. The van der Waals surface area contributed by atoms with E-state index in [1.165, 1.54) is 18.3 Å². The maximum Gasteiger partial charge on any atom is 0.211 e. The predicted octanol–water partition coefficient (Wildman–Crippen LogP) is 3.29. The second-order valence-electron chi connectivity index (χ2n) is 4.00. The third-order valence-electron chi connectivity index (χ3n) is 2.55. The Morgan fingerprint density at radius 2 is 1.94 bits per heavy atom. The lowest BCUT2D eigenvalue weighted by atomic mass is 10.2. The summed E-state index contributed by atoms with van der Waals surface area (Å²) in [5.74, 6) is -0.421. The van der Waals surface area contributed by atoms with E-state index in [0.717, 1.165) is 12.6 Å². The fourth-order valence-electron chi connectivity index (χ4n) is 1.71. The lowest BCUT2D eigenvalue weighted by Gasteiger charge is -2.06. The van der Waals surface area contributed by atoms with Crippen LogP contribution in [0.25, 0.3) is 11.3 Å². The quantitative estimate of drug-likeness (QED) is 0.907. The zero-order chi connectivity index (χ0) is 13.1. The van der Waals surface area contributed by atoms with Gasteiger partial charge in [-0.15, -0.1) is 0 Å². The molecule has 18 heavy (non-hydrogen) atoms. The molecule has 1 aromatic heterocycles. The predicted molar refractivity (Wildman–Crippen MR) is 63.9 cm³/mol. The van der Waals surface area contributed by atoms with Crippen molar-refractivity contribution in [3.63, 3.8) is 0 Å². The SMILES string of the molecule is CCNC(C)c1ncc(-c2cc(F)cc(F)c2)o1. The van der Waals surface area contributed by atoms with Crippen LogP contribution in [0, 0.1) is 11.6 Å². The van der Waals surface area contributed by atoms with Crippen molar-refractivity contribution in [3.8, 4) is 11.3 Å². The van der Waals surface area contributed by atoms with Crippen LogP contribution < -0.4 is 5.32 Å². The summed E-state index contributed by atoms with van der Waals surface area (Å²) in [6.07, 6.45) is 1.47. The van der Waals surface area contributed by atoms with Crippen LogP contribution in [0.1, 0.15) is 25.8 Å². The number of aromatic nitrogens is 1. The van der Waals surface area contributed by atoms with Crippen molar-refractivity contribution in [2.75, 3.05) is 6.54 Å². The molecule has 1 unspecified atom stereocenters. The van der Waals surface area contributed by atoms with Crippen LogP contribution in [0.4, 0.5) is 8.78 Å². The Morgan fingerprint density at radius 1 is 1.28 bits per heavy atom. The number of hydrogen-bond donors (Lipinski definition) is 1. The molecule has 1 N–H and O–H groups in total. The maximum atomic E-state index is 13.1. The summed E-state index contributed by atoms with van der Waals surface area (Å²) in [5, 5.41) is 3.14. The molecule has 0 radical (unpaired) electrons. The first kappa shape index (κ1) is 12.7. The van der Waals surface area contributed by atoms with Gasteiger partial charge in [0.2, 0.25) is 5.89 Å². The van der Waals surface area contributed by atoms with E-state index >= 15 is 0 Å². The van der Waals surface area contributed by atoms with Crippen molar-refractivity contribution in [2.45, 2.75) is 19.9 Å². The number of rotatable bonds is 4. The highest BCUT2D eigenvalue weighted by Crippen LogP contribution is 2.24. The average molecular weight is 252 g/mol. The highest BCUT2D eigenvalue weighted by atomic mass is 19.1. The summed E-state index contributed by atoms with van der Waals surface area (Å²) < 4.78 is 31.7. The summed E-state index contributed by atoms with van der Waals surface area (Å²) in [6.45, 7) is 4.67. The minimum Gasteiger partial charge on any atom is -0.439 e. The van der Waals surface area contributed by atoms with Crippen molar-refractivity contribution in [1.82, 2.24) is 10.3 Å². The number of halogens is 2. The highest BCUT2D eigenvalue weighted by Gasteiger charge is 2.13. The Kier molecular flexibility index (Phi) is 3.72. The molecule has 2 aromatic rings. The number of nitrogens with one attached hydrogen (secondary N) is 1. The highest BCUT2D eigenvalue weighted by molar-refractivity contribution is 5.56. The Hall–Kier alpha value is -1.75. The number of oxazole rings is 1. The van der Waals surface area contributed by atoms with E-state index in [1.54, 1.807) is 0 Å². The summed E-state index contributed by atoms with van der Waals surface area (Å²) in [5.41, 5.74) is 0.343. The Balaban J connectivity index is 2.29. The van der Waals surface area contributed by atoms with Gasteiger partial charge in [0.05, 0.1) is 12.2 Å². The second kappa shape index (κ2) is 5.27. The molecular weight excluding hydrogens is 238 g/mol. The Morgan fingerprint density at radius 3 is 2.56 bits per heavy atom. The summed E-state index contributed by atoms with van der Waals surface area (Å²) in [7, 11) is 0. The maximum absolute atomic E-state index is 13.1. The van der Waals surface area contributed by atoms with Gasteiger partial charge in [-0.2, -0.15) is 0 Å². The van der Waals surface area contributed by atoms with E-state index in [0.29, 0.717) is 17.2 Å². The molecule has 0 aliphatic heterocycles. The van der Waals surface area contributed by atoms with Crippen molar-refractivity contribution in [2.24, 2.45) is 0 Å². The molecule has 5 heteroatoms. The monoisotopic (exact) mass is 252 g/mol. The van der Waals surface area contributed by atoms with Crippen LogP contribution in [-0.2, 0) is 0 Å². The molecule has 1 atom stereocenters. The molecule has 0 aliphatic carbocycles. The first-order chi connectivity index (χ1) is 8.60.